The zero-order valence-electron chi connectivity index (χ0n) is 15.4. The van der Waals surface area contributed by atoms with Gasteiger partial charge in [-0.3, -0.25) is 0 Å². The summed E-state index contributed by atoms with van der Waals surface area (Å²) in [6.45, 7) is 1.86. The van der Waals surface area contributed by atoms with Crippen molar-refractivity contribution in [3.05, 3.63) is 65.7 Å². The topological polar surface area (TPSA) is 159 Å². The van der Waals surface area contributed by atoms with E-state index >= 15 is 0 Å². The number of phenols is 1. The molecule has 0 unspecified atom stereocenters. The largest absolute Gasteiger partial charge is 0.507 e. The highest BCUT2D eigenvalue weighted by Gasteiger charge is 2.09. The normalized spacial score (nSPS) is 11.3. The lowest BCUT2D eigenvalue weighted by Crippen LogP contribution is -1.95. The molecule has 9 nitrogen and oxygen atoms in total. The zero-order chi connectivity index (χ0) is 21.0. The number of aromatic carboxylic acids is 1. The lowest BCUT2D eigenvalue weighted by molar-refractivity contribution is 0.0694. The van der Waals surface area contributed by atoms with Crippen LogP contribution >= 0.6 is 0 Å². The molecule has 0 aliphatic carbocycles. The maximum Gasteiger partial charge on any atom is 0.339 e. The Morgan fingerprint density at radius 1 is 0.793 bits per heavy atom. The minimum absolute atomic E-state index is 0.241. The molecule has 0 atom stereocenters. The van der Waals surface area contributed by atoms with Crippen molar-refractivity contribution in [1.29, 1.82) is 0 Å². The van der Waals surface area contributed by atoms with Crippen LogP contribution in [0.5, 0.6) is 5.75 Å². The number of benzene rings is 3. The summed E-state index contributed by atoms with van der Waals surface area (Å²) in [5.41, 5.74) is 15.3. The highest BCUT2D eigenvalue weighted by atomic mass is 16.4. The fraction of sp³-hybridized carbons (Fsp3) is 0.0500. The number of rotatable bonds is 5. The van der Waals surface area contributed by atoms with E-state index in [1.165, 1.54) is 18.2 Å². The van der Waals surface area contributed by atoms with Crippen molar-refractivity contribution in [2.75, 3.05) is 11.5 Å². The van der Waals surface area contributed by atoms with Gasteiger partial charge in [0.05, 0.1) is 22.7 Å². The second kappa shape index (κ2) is 8.17. The van der Waals surface area contributed by atoms with Gasteiger partial charge in [-0.15, -0.1) is 5.11 Å². The number of nitrogen functional groups attached to an aromatic ring is 2. The second-order valence-electron chi connectivity index (χ2n) is 6.19. The van der Waals surface area contributed by atoms with E-state index in [2.05, 4.69) is 20.5 Å². The Labute approximate surface area is 166 Å². The molecule has 3 aromatic rings. The summed E-state index contributed by atoms with van der Waals surface area (Å²) in [5.74, 6) is -1.57. The van der Waals surface area contributed by atoms with Crippen molar-refractivity contribution in [2.24, 2.45) is 20.5 Å². The van der Waals surface area contributed by atoms with Crippen molar-refractivity contribution in [3.8, 4) is 5.75 Å². The third-order valence-corrected chi connectivity index (χ3v) is 4.03. The number of nitrogens with zero attached hydrogens (tertiary/aromatic N) is 4. The van der Waals surface area contributed by atoms with Gasteiger partial charge in [-0.25, -0.2) is 4.79 Å². The molecule has 0 aliphatic rings. The molecule has 0 amide bonds. The Bertz CT molecular complexity index is 1120. The molecule has 0 saturated heterocycles. The van der Waals surface area contributed by atoms with Crippen LogP contribution in [0.25, 0.3) is 0 Å². The van der Waals surface area contributed by atoms with Crippen molar-refractivity contribution in [2.45, 2.75) is 6.92 Å². The predicted octanol–water partition coefficient (Wildman–Crippen LogP) is 5.39. The average molecular weight is 390 g/mol. The molecule has 29 heavy (non-hydrogen) atoms. The first-order chi connectivity index (χ1) is 13.8. The van der Waals surface area contributed by atoms with Crippen LogP contribution in [0.15, 0.2) is 75.1 Å². The van der Waals surface area contributed by atoms with Gasteiger partial charge in [0.15, 0.2) is 0 Å². The average Bonchev–Trinajstić information content (AvgIpc) is 2.69. The van der Waals surface area contributed by atoms with Gasteiger partial charge in [-0.1, -0.05) is 0 Å². The first kappa shape index (κ1) is 19.5. The highest BCUT2D eigenvalue weighted by Crippen LogP contribution is 2.30. The SMILES string of the molecule is Cc1cc(/N=N/c2ccc(/N=N/c3ccc(O)c(C(=O)O)c3)cc2)c(N)cc1N. The van der Waals surface area contributed by atoms with E-state index in [1.54, 1.807) is 36.4 Å². The molecule has 0 radical (unpaired) electrons. The summed E-state index contributed by atoms with van der Waals surface area (Å²) in [6.07, 6.45) is 0. The summed E-state index contributed by atoms with van der Waals surface area (Å²) < 4.78 is 0. The van der Waals surface area contributed by atoms with Gasteiger partial charge in [0, 0.05) is 5.69 Å². The quantitative estimate of drug-likeness (QED) is 0.339. The number of carbonyl (C=O) groups is 1. The summed E-state index contributed by atoms with van der Waals surface area (Å²) in [7, 11) is 0. The number of anilines is 2. The van der Waals surface area contributed by atoms with Gasteiger partial charge in [0.1, 0.15) is 17.0 Å². The molecule has 3 aromatic carbocycles. The number of aromatic hydroxyl groups is 1. The molecule has 0 spiro atoms. The Kier molecular flexibility index (Phi) is 5.49. The second-order valence-corrected chi connectivity index (χ2v) is 6.19. The summed E-state index contributed by atoms with van der Waals surface area (Å²) in [4.78, 5) is 11.0. The van der Waals surface area contributed by atoms with E-state index < -0.39 is 5.97 Å². The molecule has 0 aliphatic heterocycles. The molecular formula is C20H18N6O3. The molecule has 0 bridgehead atoms. The lowest BCUT2D eigenvalue weighted by Gasteiger charge is -2.04. The molecule has 0 heterocycles. The maximum absolute atomic E-state index is 11.0. The third kappa shape index (κ3) is 4.72. The molecule has 3 rings (SSSR count). The zero-order valence-corrected chi connectivity index (χ0v) is 15.4. The van der Waals surface area contributed by atoms with E-state index in [1.807, 2.05) is 6.92 Å². The number of nitrogens with two attached hydrogens (primary N) is 2. The van der Waals surface area contributed by atoms with E-state index in [0.29, 0.717) is 34.1 Å². The van der Waals surface area contributed by atoms with Crippen LogP contribution in [0.3, 0.4) is 0 Å². The van der Waals surface area contributed by atoms with Crippen molar-refractivity contribution >= 4 is 40.1 Å². The molecule has 0 saturated carbocycles. The molecule has 146 valence electrons. The first-order valence-corrected chi connectivity index (χ1v) is 8.49. The fourth-order valence-electron chi connectivity index (χ4n) is 2.38. The fourth-order valence-corrected chi connectivity index (χ4v) is 2.38. The van der Waals surface area contributed by atoms with E-state index in [0.717, 1.165) is 5.56 Å². The third-order valence-electron chi connectivity index (χ3n) is 4.03. The molecule has 0 fully saturated rings. The summed E-state index contributed by atoms with van der Waals surface area (Å²) >= 11 is 0. The van der Waals surface area contributed by atoms with Gasteiger partial charge in [-0.05, 0) is 67.1 Å². The number of azo groups is 2. The van der Waals surface area contributed by atoms with Crippen LogP contribution in [0.1, 0.15) is 15.9 Å². The monoisotopic (exact) mass is 390 g/mol. The van der Waals surface area contributed by atoms with Gasteiger partial charge in [-0.2, -0.15) is 15.3 Å². The van der Waals surface area contributed by atoms with Crippen molar-refractivity contribution in [1.82, 2.24) is 0 Å². The van der Waals surface area contributed by atoms with Crippen LogP contribution in [0, 0.1) is 6.92 Å². The highest BCUT2D eigenvalue weighted by molar-refractivity contribution is 5.91. The number of carboxylic acid groups (broad SMARTS) is 1. The maximum atomic E-state index is 11.0. The van der Waals surface area contributed by atoms with Gasteiger partial charge >= 0.3 is 5.97 Å². The number of aryl methyl sites for hydroxylation is 1. The summed E-state index contributed by atoms with van der Waals surface area (Å²) in [5, 5.41) is 34.9. The number of hydrogen-bond acceptors (Lipinski definition) is 8. The van der Waals surface area contributed by atoms with Crippen LogP contribution in [-0.2, 0) is 0 Å². The standard InChI is InChI=1S/C20H18N6O3/c1-11-8-18(17(22)10-16(11)21)26-24-13-4-2-12(3-5-13)23-25-14-6-7-19(27)15(9-14)20(28)29/h2-10,27H,21-22H2,1H3,(H,28,29)/b25-23+,26-24+. The molecular weight excluding hydrogens is 372 g/mol. The van der Waals surface area contributed by atoms with E-state index in [-0.39, 0.29) is 11.3 Å². The molecule has 9 heteroatoms. The Hall–Kier alpha value is -4.27. The van der Waals surface area contributed by atoms with Crippen LogP contribution in [-0.4, -0.2) is 16.2 Å². The van der Waals surface area contributed by atoms with E-state index in [4.69, 9.17) is 16.6 Å². The summed E-state index contributed by atoms with van der Waals surface area (Å²) in [6, 6.07) is 14.2. The van der Waals surface area contributed by atoms with Crippen LogP contribution in [0.4, 0.5) is 34.1 Å². The Morgan fingerprint density at radius 3 is 1.97 bits per heavy atom. The smallest absolute Gasteiger partial charge is 0.339 e. The first-order valence-electron chi connectivity index (χ1n) is 8.49. The predicted molar refractivity (Wildman–Crippen MR) is 110 cm³/mol. The Balaban J connectivity index is 1.74. The lowest BCUT2D eigenvalue weighted by atomic mass is 10.1. The minimum atomic E-state index is -1.24. The van der Waals surface area contributed by atoms with Crippen LogP contribution < -0.4 is 11.5 Å². The number of carboxylic acids is 1. The van der Waals surface area contributed by atoms with E-state index in [9.17, 15) is 9.90 Å². The van der Waals surface area contributed by atoms with Crippen molar-refractivity contribution < 1.29 is 15.0 Å². The Morgan fingerprint density at radius 2 is 1.34 bits per heavy atom. The molecule has 0 aromatic heterocycles. The van der Waals surface area contributed by atoms with Crippen molar-refractivity contribution in [3.63, 3.8) is 0 Å². The van der Waals surface area contributed by atoms with Gasteiger partial charge < -0.3 is 21.7 Å². The van der Waals surface area contributed by atoms with Gasteiger partial charge in [0.25, 0.3) is 0 Å². The van der Waals surface area contributed by atoms with Gasteiger partial charge in [0.2, 0.25) is 0 Å². The molecule has 6 N–H and O–H groups in total. The minimum Gasteiger partial charge on any atom is -0.507 e. The number of hydrogen-bond donors (Lipinski definition) is 4. The van der Waals surface area contributed by atoms with Crippen LogP contribution in [0.2, 0.25) is 0 Å².